The van der Waals surface area contributed by atoms with Gasteiger partial charge in [-0.1, -0.05) is 32.9 Å². The van der Waals surface area contributed by atoms with Gasteiger partial charge in [-0.15, -0.1) is 0 Å². The van der Waals surface area contributed by atoms with Crippen molar-refractivity contribution in [2.75, 3.05) is 29.4 Å². The Morgan fingerprint density at radius 3 is 2.38 bits per heavy atom. The second kappa shape index (κ2) is 8.97. The molecule has 0 spiro atoms. The molecule has 198 valence electrons. The molecule has 2 aromatic rings. The molecule has 1 aliphatic heterocycles. The Morgan fingerprint density at radius 1 is 1.05 bits per heavy atom. The maximum Gasteiger partial charge on any atom is 0.270 e. The first-order valence-corrected chi connectivity index (χ1v) is 14.1. The molecule has 2 heterocycles. The number of piperazine rings is 1. The summed E-state index contributed by atoms with van der Waals surface area (Å²) < 4.78 is 0. The second-order valence-corrected chi connectivity index (χ2v) is 13.2. The summed E-state index contributed by atoms with van der Waals surface area (Å²) in [6.07, 6.45) is 6.55. The Labute approximate surface area is 220 Å². The number of nitrogens with zero attached hydrogens (tertiary/aromatic N) is 4. The highest BCUT2D eigenvalue weighted by molar-refractivity contribution is 5.92. The third-order valence-electron chi connectivity index (χ3n) is 9.40. The molecule has 4 bridgehead atoms. The van der Waals surface area contributed by atoms with Crippen molar-refractivity contribution in [2.45, 2.75) is 82.9 Å². The monoisotopic (exact) mass is 503 g/mol. The molecule has 7 nitrogen and oxygen atoms in total. The minimum Gasteiger partial charge on any atom is -0.390 e. The molecule has 2 unspecified atom stereocenters. The molecule has 2 N–H and O–H groups in total. The number of aliphatic hydroxyl groups is 1. The average Bonchev–Trinajstić information content (AvgIpc) is 2.85. The van der Waals surface area contributed by atoms with Gasteiger partial charge in [0.1, 0.15) is 5.69 Å². The lowest BCUT2D eigenvalue weighted by atomic mass is 9.52. The number of benzene rings is 1. The molecule has 1 saturated heterocycles. The fourth-order valence-corrected chi connectivity index (χ4v) is 7.72. The molecular weight excluding hydrogens is 462 g/mol. The molecule has 3 atom stereocenters. The number of anilines is 2. The zero-order valence-electron chi connectivity index (χ0n) is 22.7. The molecule has 7 heteroatoms. The van der Waals surface area contributed by atoms with Gasteiger partial charge < -0.3 is 20.2 Å². The van der Waals surface area contributed by atoms with Crippen LogP contribution in [-0.4, -0.2) is 58.3 Å². The molecule has 4 saturated carbocycles. The van der Waals surface area contributed by atoms with Gasteiger partial charge in [0.25, 0.3) is 5.91 Å². The highest BCUT2D eigenvalue weighted by atomic mass is 16.3. The van der Waals surface area contributed by atoms with Crippen molar-refractivity contribution in [3.63, 3.8) is 0 Å². The average molecular weight is 504 g/mol. The predicted molar refractivity (Wildman–Crippen MR) is 146 cm³/mol. The fraction of sp³-hybridized carbons (Fsp3) is 0.633. The molecule has 1 aromatic carbocycles. The topological polar surface area (TPSA) is 81.6 Å². The van der Waals surface area contributed by atoms with Crippen molar-refractivity contribution < 1.29 is 9.90 Å². The second-order valence-electron chi connectivity index (χ2n) is 13.2. The van der Waals surface area contributed by atoms with E-state index in [4.69, 9.17) is 4.98 Å². The number of hydrogen-bond donors (Lipinski definition) is 2. The molecule has 0 radical (unpaired) electrons. The number of amides is 1. The van der Waals surface area contributed by atoms with Gasteiger partial charge in [-0.3, -0.25) is 4.79 Å². The number of aromatic nitrogens is 2. The maximum atomic E-state index is 13.3. The molecule has 37 heavy (non-hydrogen) atoms. The van der Waals surface area contributed by atoms with E-state index in [9.17, 15) is 9.90 Å². The van der Waals surface area contributed by atoms with Crippen LogP contribution in [0.2, 0.25) is 0 Å². The predicted octanol–water partition coefficient (Wildman–Crippen LogP) is 4.16. The van der Waals surface area contributed by atoms with E-state index >= 15 is 0 Å². The molecule has 4 aliphatic carbocycles. The summed E-state index contributed by atoms with van der Waals surface area (Å²) in [6.45, 7) is 11.5. The quantitative estimate of drug-likeness (QED) is 0.652. The Balaban J connectivity index is 1.11. The van der Waals surface area contributed by atoms with E-state index < -0.39 is 5.60 Å². The van der Waals surface area contributed by atoms with Crippen LogP contribution in [0, 0.1) is 17.8 Å². The van der Waals surface area contributed by atoms with Gasteiger partial charge in [0.15, 0.2) is 0 Å². The van der Waals surface area contributed by atoms with Crippen LogP contribution in [0.3, 0.4) is 0 Å². The van der Waals surface area contributed by atoms with Crippen LogP contribution in [0.5, 0.6) is 0 Å². The van der Waals surface area contributed by atoms with Crippen LogP contribution < -0.4 is 15.1 Å². The van der Waals surface area contributed by atoms with Crippen molar-refractivity contribution in [3.8, 4) is 0 Å². The lowest BCUT2D eigenvalue weighted by Gasteiger charge is -2.58. The third kappa shape index (κ3) is 4.71. The maximum absolute atomic E-state index is 13.3. The molecular formula is C30H41N5O2. The van der Waals surface area contributed by atoms with Crippen LogP contribution >= 0.6 is 0 Å². The van der Waals surface area contributed by atoms with Gasteiger partial charge in [0, 0.05) is 43.6 Å². The van der Waals surface area contributed by atoms with E-state index in [0.717, 1.165) is 51.7 Å². The number of carbonyl (C=O) groups excluding carboxylic acids is 1. The van der Waals surface area contributed by atoms with Crippen LogP contribution in [0.15, 0.2) is 36.5 Å². The minimum atomic E-state index is -0.493. The molecule has 1 amide bonds. The summed E-state index contributed by atoms with van der Waals surface area (Å²) in [4.78, 5) is 27.2. The number of nitrogens with one attached hydrogen (secondary N) is 1. The third-order valence-corrected chi connectivity index (χ3v) is 9.40. The van der Waals surface area contributed by atoms with E-state index in [2.05, 4.69) is 72.1 Å². The van der Waals surface area contributed by atoms with E-state index in [1.807, 2.05) is 0 Å². The van der Waals surface area contributed by atoms with E-state index in [0.29, 0.717) is 29.4 Å². The Hall–Kier alpha value is -2.67. The SMILES string of the molecule is C[C@@H]1CN(c2ccc(C(C)(C)C)cc2)CCN1c1nccc(C(=O)N[C@H]2C3CC4CC2C[C@](O)(C4)C3)n1. The van der Waals surface area contributed by atoms with E-state index in [1.165, 1.54) is 11.3 Å². The van der Waals surface area contributed by atoms with Gasteiger partial charge >= 0.3 is 0 Å². The van der Waals surface area contributed by atoms with Crippen LogP contribution in [0.4, 0.5) is 11.6 Å². The zero-order chi connectivity index (χ0) is 25.9. The van der Waals surface area contributed by atoms with Gasteiger partial charge in [-0.25, -0.2) is 9.97 Å². The number of carbonyl (C=O) groups is 1. The first-order chi connectivity index (χ1) is 17.6. The summed E-state index contributed by atoms with van der Waals surface area (Å²) in [6, 6.07) is 11.0. The fourth-order valence-electron chi connectivity index (χ4n) is 7.72. The number of rotatable bonds is 4. The highest BCUT2D eigenvalue weighted by Crippen LogP contribution is 2.55. The Morgan fingerprint density at radius 2 is 1.76 bits per heavy atom. The Bertz CT molecular complexity index is 1140. The van der Waals surface area contributed by atoms with Crippen LogP contribution in [0.25, 0.3) is 0 Å². The van der Waals surface area contributed by atoms with Crippen molar-refractivity contribution in [1.29, 1.82) is 0 Å². The zero-order valence-corrected chi connectivity index (χ0v) is 22.7. The van der Waals surface area contributed by atoms with Crippen molar-refractivity contribution >= 4 is 17.5 Å². The summed E-state index contributed by atoms with van der Waals surface area (Å²) >= 11 is 0. The molecule has 5 aliphatic rings. The largest absolute Gasteiger partial charge is 0.390 e. The normalized spacial score (nSPS) is 33.1. The summed E-state index contributed by atoms with van der Waals surface area (Å²) in [5, 5.41) is 14.2. The lowest BCUT2D eigenvalue weighted by Crippen LogP contribution is -2.61. The van der Waals surface area contributed by atoms with E-state index in [1.54, 1.807) is 12.3 Å². The number of hydrogen-bond acceptors (Lipinski definition) is 6. The van der Waals surface area contributed by atoms with Gasteiger partial charge in [-0.05, 0) is 86.0 Å². The minimum absolute atomic E-state index is 0.113. The first kappa shape index (κ1) is 24.7. The first-order valence-electron chi connectivity index (χ1n) is 14.1. The van der Waals surface area contributed by atoms with Gasteiger partial charge in [-0.2, -0.15) is 0 Å². The molecule has 1 aromatic heterocycles. The standard InChI is InChI=1S/C30H41N5O2/c1-19-18-34(24-7-5-23(6-8-24)29(2,3)4)11-12-35(19)28-31-10-9-25(32-28)27(36)33-26-21-13-20-14-22(26)17-30(37,15-20)16-21/h5-10,19-22,26,37H,11-18H2,1-4H3,(H,33,36)/t19-,20?,21?,22?,26-,30-/m1/s1. The smallest absolute Gasteiger partial charge is 0.270 e. The molecule has 5 fully saturated rings. The van der Waals surface area contributed by atoms with Gasteiger partial charge in [0.05, 0.1) is 5.60 Å². The van der Waals surface area contributed by atoms with Crippen molar-refractivity contribution in [3.05, 3.63) is 47.8 Å². The summed E-state index contributed by atoms with van der Waals surface area (Å²) in [7, 11) is 0. The van der Waals surface area contributed by atoms with Gasteiger partial charge in [0.2, 0.25) is 5.95 Å². The highest BCUT2D eigenvalue weighted by Gasteiger charge is 2.55. The van der Waals surface area contributed by atoms with Crippen molar-refractivity contribution in [2.24, 2.45) is 17.8 Å². The Kier molecular flexibility index (Phi) is 5.98. The summed E-state index contributed by atoms with van der Waals surface area (Å²) in [5.41, 5.74) is 2.68. The van der Waals surface area contributed by atoms with E-state index in [-0.39, 0.29) is 23.4 Å². The van der Waals surface area contributed by atoms with Crippen molar-refractivity contribution in [1.82, 2.24) is 15.3 Å². The van der Waals surface area contributed by atoms with Crippen LogP contribution in [0.1, 0.15) is 75.9 Å². The van der Waals surface area contributed by atoms with Crippen LogP contribution in [-0.2, 0) is 5.41 Å². The lowest BCUT2D eigenvalue weighted by molar-refractivity contribution is -0.136. The summed E-state index contributed by atoms with van der Waals surface area (Å²) in [5.74, 6) is 1.90. The molecule has 7 rings (SSSR count).